The Morgan fingerprint density at radius 2 is 1.55 bits per heavy atom. The largest absolute Gasteiger partial charge is 0.494 e. The van der Waals surface area contributed by atoms with Gasteiger partial charge in [0.05, 0.1) is 32.8 Å². The molecule has 2 aromatic heterocycles. The van der Waals surface area contributed by atoms with E-state index in [0.717, 1.165) is 46.3 Å². The van der Waals surface area contributed by atoms with Crippen LogP contribution in [0.5, 0.6) is 5.75 Å². The number of carbonyl (C=O) groups is 1. The molecular weight excluding hydrogens is 551 g/mol. The second kappa shape index (κ2) is 11.7. The highest BCUT2D eigenvalue weighted by Gasteiger charge is 2.14. The smallest absolute Gasteiger partial charge is 0.234 e. The number of fused-ring (bicyclic) bond motifs is 2. The number of hydrogen-bond acceptors (Lipinski definition) is 8. The number of hydrogen-bond donors (Lipinski definition) is 1. The van der Waals surface area contributed by atoms with E-state index in [0.29, 0.717) is 12.4 Å². The molecule has 0 unspecified atom stereocenters. The van der Waals surface area contributed by atoms with Crippen molar-refractivity contribution in [2.24, 2.45) is 0 Å². The molecule has 3 aromatic carbocycles. The van der Waals surface area contributed by atoms with Crippen molar-refractivity contribution in [2.75, 3.05) is 17.7 Å². The summed E-state index contributed by atoms with van der Waals surface area (Å²) >= 11 is 6.43. The molecule has 0 aliphatic carbocycles. The van der Waals surface area contributed by atoms with Gasteiger partial charge >= 0.3 is 0 Å². The highest BCUT2D eigenvalue weighted by atomic mass is 32.2. The van der Waals surface area contributed by atoms with Crippen LogP contribution in [-0.4, -0.2) is 28.2 Å². The number of thiazole rings is 2. The minimum atomic E-state index is -0.0542. The number of nitrogens with one attached hydrogen (secondary N) is 1. The molecule has 5 aromatic rings. The number of anilines is 1. The molecule has 38 heavy (non-hydrogen) atoms. The van der Waals surface area contributed by atoms with Crippen molar-refractivity contribution in [2.45, 2.75) is 47.5 Å². The summed E-state index contributed by atoms with van der Waals surface area (Å²) in [4.78, 5) is 22.0. The second-order valence-electron chi connectivity index (χ2n) is 9.78. The van der Waals surface area contributed by atoms with Crippen molar-refractivity contribution in [3.8, 4) is 5.75 Å². The minimum absolute atomic E-state index is 0.0542. The zero-order valence-corrected chi connectivity index (χ0v) is 25.0. The first-order chi connectivity index (χ1) is 18.3. The third-order valence-corrected chi connectivity index (χ3v) is 10.2. The number of ether oxygens (including phenoxy) is 1. The molecule has 196 valence electrons. The fraction of sp³-hybridized carbons (Fsp3) is 0.276. The maximum Gasteiger partial charge on any atom is 0.234 e. The van der Waals surface area contributed by atoms with Crippen LogP contribution < -0.4 is 10.1 Å². The number of carbonyl (C=O) groups excluding carboxylic acids is 1. The number of amides is 1. The zero-order chi connectivity index (χ0) is 26.7. The van der Waals surface area contributed by atoms with Gasteiger partial charge in [-0.25, -0.2) is 9.97 Å². The fourth-order valence-electron chi connectivity index (χ4n) is 3.82. The van der Waals surface area contributed by atoms with E-state index in [9.17, 15) is 4.79 Å². The topological polar surface area (TPSA) is 64.1 Å². The Bertz CT molecular complexity index is 1570. The van der Waals surface area contributed by atoms with Crippen molar-refractivity contribution in [1.82, 2.24) is 9.97 Å². The molecule has 5 rings (SSSR count). The van der Waals surface area contributed by atoms with Gasteiger partial charge < -0.3 is 10.1 Å². The summed E-state index contributed by atoms with van der Waals surface area (Å²) in [5, 5.41) is 3.02. The summed E-state index contributed by atoms with van der Waals surface area (Å²) in [5.74, 6) is 1.96. The summed E-state index contributed by atoms with van der Waals surface area (Å²) in [6.45, 7) is 9.29. The third kappa shape index (κ3) is 6.69. The number of benzene rings is 3. The molecule has 1 N–H and O–H groups in total. The van der Waals surface area contributed by atoms with Gasteiger partial charge in [-0.05, 0) is 59.9 Å². The van der Waals surface area contributed by atoms with Gasteiger partial charge in [-0.2, -0.15) is 0 Å². The van der Waals surface area contributed by atoms with Gasteiger partial charge in [0, 0.05) is 11.4 Å². The molecule has 0 radical (unpaired) electrons. The maximum atomic E-state index is 12.6. The van der Waals surface area contributed by atoms with Crippen molar-refractivity contribution < 1.29 is 9.53 Å². The van der Waals surface area contributed by atoms with Gasteiger partial charge in [0.15, 0.2) is 8.68 Å². The highest BCUT2D eigenvalue weighted by Crippen LogP contribution is 2.34. The summed E-state index contributed by atoms with van der Waals surface area (Å²) in [6.07, 6.45) is 0. The van der Waals surface area contributed by atoms with Crippen molar-refractivity contribution in [3.63, 3.8) is 0 Å². The molecular formula is C29H29N3O2S4. The van der Waals surface area contributed by atoms with Crippen LogP contribution in [0, 0.1) is 0 Å². The second-order valence-corrected chi connectivity index (χ2v) is 14.3. The zero-order valence-electron chi connectivity index (χ0n) is 21.7. The molecule has 0 atom stereocenters. The van der Waals surface area contributed by atoms with Gasteiger partial charge in [0.2, 0.25) is 5.91 Å². The molecule has 0 aliphatic heterocycles. The molecule has 0 fully saturated rings. The molecule has 0 aliphatic rings. The maximum absolute atomic E-state index is 12.6. The van der Waals surface area contributed by atoms with Crippen LogP contribution in [0.3, 0.4) is 0 Å². The quantitative estimate of drug-likeness (QED) is 0.176. The lowest BCUT2D eigenvalue weighted by Gasteiger charge is -2.19. The normalized spacial score (nSPS) is 11.8. The van der Waals surface area contributed by atoms with Crippen LogP contribution in [0.25, 0.3) is 20.4 Å². The number of thioether (sulfide) groups is 2. The monoisotopic (exact) mass is 579 g/mol. The fourth-order valence-corrected chi connectivity index (χ4v) is 7.78. The number of nitrogens with zero attached hydrogens (tertiary/aromatic N) is 2. The van der Waals surface area contributed by atoms with Crippen LogP contribution in [0.4, 0.5) is 5.69 Å². The van der Waals surface area contributed by atoms with E-state index in [1.807, 2.05) is 43.3 Å². The Balaban J connectivity index is 1.16. The Kier molecular flexibility index (Phi) is 8.28. The number of rotatable bonds is 9. The third-order valence-electron chi connectivity index (χ3n) is 5.81. The van der Waals surface area contributed by atoms with Crippen LogP contribution in [0.2, 0.25) is 0 Å². The first-order valence-electron chi connectivity index (χ1n) is 12.4. The first kappa shape index (κ1) is 27.0. The average Bonchev–Trinajstić information content (AvgIpc) is 3.49. The average molecular weight is 580 g/mol. The summed E-state index contributed by atoms with van der Waals surface area (Å²) < 4.78 is 9.60. The standard InChI is InChI=1S/C29H29N3O2S4/c1-5-34-21-11-13-23-25(15-21)38-28(32-23)36-17-26(33)30-20-10-12-22-24(14-20)37-27(31-22)35-16-18-6-8-19(9-7-18)29(2,3)4/h6-15H,5,16-17H2,1-4H3,(H,30,33). The van der Waals surface area contributed by atoms with E-state index in [4.69, 9.17) is 9.72 Å². The van der Waals surface area contributed by atoms with E-state index in [1.54, 1.807) is 34.4 Å². The predicted octanol–water partition coefficient (Wildman–Crippen LogP) is 8.63. The van der Waals surface area contributed by atoms with Gasteiger partial charge in [-0.3, -0.25) is 4.79 Å². The minimum Gasteiger partial charge on any atom is -0.494 e. The number of aromatic nitrogens is 2. The summed E-state index contributed by atoms with van der Waals surface area (Å²) in [7, 11) is 0. The van der Waals surface area contributed by atoms with E-state index in [1.165, 1.54) is 22.9 Å². The Hall–Kier alpha value is -2.59. The van der Waals surface area contributed by atoms with E-state index in [-0.39, 0.29) is 11.3 Å². The lowest BCUT2D eigenvalue weighted by molar-refractivity contribution is -0.113. The van der Waals surface area contributed by atoms with Crippen LogP contribution >= 0.6 is 46.2 Å². The van der Waals surface area contributed by atoms with Crippen LogP contribution in [0.15, 0.2) is 69.3 Å². The lowest BCUT2D eigenvalue weighted by Crippen LogP contribution is -2.13. The Morgan fingerprint density at radius 1 is 0.895 bits per heavy atom. The van der Waals surface area contributed by atoms with Gasteiger partial charge in [-0.1, -0.05) is 68.6 Å². The van der Waals surface area contributed by atoms with Crippen molar-refractivity contribution in [3.05, 3.63) is 71.8 Å². The molecule has 0 spiro atoms. The van der Waals surface area contributed by atoms with E-state index < -0.39 is 0 Å². The summed E-state index contributed by atoms with van der Waals surface area (Å²) in [5.41, 5.74) is 5.45. The SMILES string of the molecule is CCOc1ccc2nc(SCC(=O)Nc3ccc4nc(SCc5ccc(C(C)(C)C)cc5)sc4c3)sc2c1. The highest BCUT2D eigenvalue weighted by molar-refractivity contribution is 8.01. The van der Waals surface area contributed by atoms with Crippen molar-refractivity contribution in [1.29, 1.82) is 0 Å². The predicted molar refractivity (Wildman–Crippen MR) is 164 cm³/mol. The van der Waals surface area contributed by atoms with Crippen LogP contribution in [0.1, 0.15) is 38.8 Å². The molecule has 1 amide bonds. The molecule has 0 bridgehead atoms. The molecule has 2 heterocycles. The molecule has 9 heteroatoms. The lowest BCUT2D eigenvalue weighted by atomic mass is 9.87. The van der Waals surface area contributed by atoms with Gasteiger partial charge in [0.25, 0.3) is 0 Å². The van der Waals surface area contributed by atoms with Gasteiger partial charge in [0.1, 0.15) is 5.75 Å². The summed E-state index contributed by atoms with van der Waals surface area (Å²) in [6, 6.07) is 20.6. The Morgan fingerprint density at radius 3 is 2.24 bits per heavy atom. The molecule has 0 saturated heterocycles. The van der Waals surface area contributed by atoms with Gasteiger partial charge in [-0.15, -0.1) is 22.7 Å². The molecule has 0 saturated carbocycles. The van der Waals surface area contributed by atoms with Crippen molar-refractivity contribution >= 4 is 78.2 Å². The van der Waals surface area contributed by atoms with E-state index in [2.05, 4.69) is 55.3 Å². The molecule has 5 nitrogen and oxygen atoms in total. The van der Waals surface area contributed by atoms with E-state index >= 15 is 0 Å². The first-order valence-corrected chi connectivity index (χ1v) is 16.0. The van der Waals surface area contributed by atoms with Crippen LogP contribution in [-0.2, 0) is 16.0 Å². The Labute approximate surface area is 239 Å².